The Morgan fingerprint density at radius 2 is 1.08 bits per heavy atom. The number of carboxylic acids is 1. The van der Waals surface area contributed by atoms with Crippen LogP contribution in [-0.4, -0.2) is 151 Å². The standard InChI is InChI=1S/C48H76N14O10/c1-28(2)22-35(42(67)59-33(14-10-20-54-47(49)50)45(70)62(6)38(15-11-21-55-48(51)52)44(69)61-37(46(71)72)23-29(3)4)60-43(68)36(25-30-12-8-7-9-13-30)58-40(65)27-56-39(64)26-57-41(66)34(53-5)24-31-16-18-32(63)19-17-31/h7-9,12-13,16-19,28-29,33-38,53,63H,10-11,14-15,20-27H2,1-6H3,(H,56,64)(H,57,66)(H,58,65)(H,59,67)(H,60,68)(H,61,69)(H,71,72)(H4,49,50,54)(H4,51,52,55)/t33-,34-,35-,36-,37+,38-/m0/s1. The quantitative estimate of drug-likeness (QED) is 0.0215. The zero-order valence-corrected chi connectivity index (χ0v) is 42.1. The number of amides is 7. The number of phenolic OH excluding ortho intramolecular Hbond substituents is 1. The van der Waals surface area contributed by atoms with Crippen molar-refractivity contribution in [2.24, 2.45) is 44.8 Å². The van der Waals surface area contributed by atoms with Crippen molar-refractivity contribution in [3.63, 3.8) is 0 Å². The summed E-state index contributed by atoms with van der Waals surface area (Å²) in [7, 11) is 2.94. The third kappa shape index (κ3) is 23.4. The number of nitrogens with one attached hydrogen (secondary N) is 7. The Kier molecular flexibility index (Phi) is 26.7. The zero-order chi connectivity index (χ0) is 53.9. The molecule has 0 aliphatic carbocycles. The number of carbonyl (C=O) groups excluding carboxylic acids is 7. The van der Waals surface area contributed by atoms with Crippen molar-refractivity contribution in [3.8, 4) is 5.75 Å². The first-order chi connectivity index (χ1) is 34.0. The number of carbonyl (C=O) groups is 8. The second kappa shape index (κ2) is 31.7. The molecular formula is C48H76N14O10. The van der Waals surface area contributed by atoms with E-state index < -0.39 is 96.7 Å². The Labute approximate surface area is 420 Å². The Morgan fingerprint density at radius 1 is 0.583 bits per heavy atom. The van der Waals surface area contributed by atoms with E-state index in [1.807, 2.05) is 13.8 Å². The number of rotatable bonds is 32. The van der Waals surface area contributed by atoms with Crippen LogP contribution < -0.4 is 60.2 Å². The molecule has 2 aromatic carbocycles. The van der Waals surface area contributed by atoms with Crippen LogP contribution >= 0.6 is 0 Å². The molecule has 0 saturated carbocycles. The average Bonchev–Trinajstić information content (AvgIpc) is 3.31. The third-order valence-electron chi connectivity index (χ3n) is 11.1. The Balaban J connectivity index is 2.34. The minimum Gasteiger partial charge on any atom is -0.508 e. The molecule has 6 atom stereocenters. The van der Waals surface area contributed by atoms with Crippen LogP contribution in [0.2, 0.25) is 0 Å². The van der Waals surface area contributed by atoms with E-state index in [1.54, 1.807) is 63.4 Å². The summed E-state index contributed by atoms with van der Waals surface area (Å²) in [6.45, 7) is 6.38. The summed E-state index contributed by atoms with van der Waals surface area (Å²) in [5.41, 5.74) is 23.5. The molecule has 7 amide bonds. The highest BCUT2D eigenvalue weighted by molar-refractivity contribution is 5.97. The lowest BCUT2D eigenvalue weighted by Crippen LogP contribution is -2.59. The number of guanidine groups is 2. The number of nitrogens with zero attached hydrogens (tertiary/aromatic N) is 3. The minimum atomic E-state index is -1.31. The van der Waals surface area contributed by atoms with E-state index in [9.17, 15) is 48.6 Å². The van der Waals surface area contributed by atoms with E-state index in [1.165, 1.54) is 19.2 Å². The van der Waals surface area contributed by atoms with E-state index in [0.29, 0.717) is 5.56 Å². The fraction of sp³-hybridized carbons (Fsp3) is 0.542. The van der Waals surface area contributed by atoms with E-state index in [0.717, 1.165) is 10.5 Å². The van der Waals surface area contributed by atoms with Crippen LogP contribution in [0.15, 0.2) is 64.6 Å². The molecule has 0 saturated heterocycles. The number of hydrogen-bond acceptors (Lipinski definition) is 12. The van der Waals surface area contributed by atoms with Gasteiger partial charge in [-0.15, -0.1) is 0 Å². The van der Waals surface area contributed by atoms with Gasteiger partial charge in [-0.3, -0.25) is 43.5 Å². The topological polar surface area (TPSA) is 393 Å². The number of aliphatic imine (C=N–C) groups is 2. The number of phenols is 1. The van der Waals surface area contributed by atoms with Crippen LogP contribution in [-0.2, 0) is 51.2 Å². The second-order valence-corrected chi connectivity index (χ2v) is 18.2. The number of aromatic hydroxyl groups is 1. The second-order valence-electron chi connectivity index (χ2n) is 18.2. The van der Waals surface area contributed by atoms with E-state index >= 15 is 0 Å². The smallest absolute Gasteiger partial charge is 0.326 e. The highest BCUT2D eigenvalue weighted by atomic mass is 16.4. The van der Waals surface area contributed by atoms with Crippen LogP contribution in [0, 0.1) is 11.8 Å². The number of hydrogen-bond donors (Lipinski definition) is 13. The van der Waals surface area contributed by atoms with Gasteiger partial charge in [0.15, 0.2) is 11.9 Å². The number of nitrogens with two attached hydrogens (primary N) is 4. The normalized spacial score (nSPS) is 13.4. The van der Waals surface area contributed by atoms with Gasteiger partial charge in [0.1, 0.15) is 36.0 Å². The maximum atomic E-state index is 14.5. The van der Waals surface area contributed by atoms with Crippen molar-refractivity contribution in [3.05, 3.63) is 65.7 Å². The average molecular weight is 1010 g/mol. The van der Waals surface area contributed by atoms with Crippen molar-refractivity contribution < 1.29 is 48.6 Å². The van der Waals surface area contributed by atoms with Gasteiger partial charge in [-0.2, -0.15) is 0 Å². The highest BCUT2D eigenvalue weighted by Crippen LogP contribution is 2.16. The Bertz CT molecular complexity index is 2150. The SMILES string of the molecule is CN[C@@H](Cc1ccc(O)cc1)C(=O)NCC(=O)NCC(=O)N[C@@H](Cc1ccccc1)C(=O)N[C@@H](CC(C)C)C(=O)N[C@@H](CCCN=C(N)N)C(=O)N(C)[C@@H](CCCN=C(N)N)C(=O)N[C@H](CC(C)C)C(=O)O. The van der Waals surface area contributed by atoms with Crippen molar-refractivity contribution in [2.75, 3.05) is 40.3 Å². The van der Waals surface area contributed by atoms with E-state index in [-0.39, 0.29) is 94.0 Å². The third-order valence-corrected chi connectivity index (χ3v) is 11.1. The lowest BCUT2D eigenvalue weighted by molar-refractivity contribution is -0.146. The summed E-state index contributed by atoms with van der Waals surface area (Å²) in [5.74, 6) is -6.73. The van der Waals surface area contributed by atoms with Crippen molar-refractivity contribution in [1.82, 2.24) is 42.1 Å². The summed E-state index contributed by atoms with van der Waals surface area (Å²) < 4.78 is 0. The van der Waals surface area contributed by atoms with Gasteiger partial charge in [0, 0.05) is 26.6 Å². The molecule has 0 bridgehead atoms. The van der Waals surface area contributed by atoms with Crippen LogP contribution in [0.1, 0.15) is 77.3 Å². The number of benzene rings is 2. The first kappa shape index (κ1) is 60.6. The number of likely N-dealkylation sites (N-methyl/N-ethyl adjacent to an activating group) is 2. The Morgan fingerprint density at radius 3 is 1.64 bits per heavy atom. The monoisotopic (exact) mass is 1010 g/mol. The van der Waals surface area contributed by atoms with Crippen molar-refractivity contribution >= 4 is 59.2 Å². The highest BCUT2D eigenvalue weighted by Gasteiger charge is 2.36. The van der Waals surface area contributed by atoms with Crippen molar-refractivity contribution in [2.45, 2.75) is 115 Å². The maximum Gasteiger partial charge on any atom is 0.326 e. The van der Waals surface area contributed by atoms with Gasteiger partial charge in [0.2, 0.25) is 41.4 Å². The molecular weight excluding hydrogens is 933 g/mol. The molecule has 2 aromatic rings. The maximum absolute atomic E-state index is 14.5. The summed E-state index contributed by atoms with van der Waals surface area (Å²) in [6.07, 6.45) is 0.832. The van der Waals surface area contributed by atoms with Gasteiger partial charge >= 0.3 is 5.97 Å². The zero-order valence-electron chi connectivity index (χ0n) is 42.1. The summed E-state index contributed by atoms with van der Waals surface area (Å²) in [4.78, 5) is 117. The van der Waals surface area contributed by atoms with Gasteiger partial charge in [-0.05, 0) is 87.1 Å². The molecule has 24 heteroatoms. The summed E-state index contributed by atoms with van der Waals surface area (Å²) in [5, 5.41) is 38.0. The fourth-order valence-electron chi connectivity index (χ4n) is 7.39. The molecule has 0 radical (unpaired) electrons. The molecule has 0 heterocycles. The summed E-state index contributed by atoms with van der Waals surface area (Å²) >= 11 is 0. The van der Waals surface area contributed by atoms with Gasteiger partial charge in [-0.1, -0.05) is 70.2 Å². The predicted molar refractivity (Wildman–Crippen MR) is 271 cm³/mol. The van der Waals surface area contributed by atoms with Gasteiger partial charge in [0.25, 0.3) is 0 Å². The number of aliphatic carboxylic acids is 1. The first-order valence-corrected chi connectivity index (χ1v) is 23.8. The van der Waals surface area contributed by atoms with Crippen LogP contribution in [0.25, 0.3) is 0 Å². The van der Waals surface area contributed by atoms with E-state index in [2.05, 4.69) is 47.2 Å². The predicted octanol–water partition coefficient (Wildman–Crippen LogP) is -1.95. The van der Waals surface area contributed by atoms with Gasteiger partial charge in [0.05, 0.1) is 19.1 Å². The largest absolute Gasteiger partial charge is 0.508 e. The lowest BCUT2D eigenvalue weighted by Gasteiger charge is -2.32. The minimum absolute atomic E-state index is 0.00838. The molecule has 0 aromatic heterocycles. The molecule has 24 nitrogen and oxygen atoms in total. The lowest BCUT2D eigenvalue weighted by atomic mass is 9.99. The van der Waals surface area contributed by atoms with Crippen molar-refractivity contribution in [1.29, 1.82) is 0 Å². The van der Waals surface area contributed by atoms with E-state index in [4.69, 9.17) is 22.9 Å². The van der Waals surface area contributed by atoms with Crippen LogP contribution in [0.3, 0.4) is 0 Å². The molecule has 2 rings (SSSR count). The van der Waals surface area contributed by atoms with Crippen LogP contribution in [0.4, 0.5) is 0 Å². The Hall–Kier alpha value is -7.50. The molecule has 0 aliphatic rings. The molecule has 0 aliphatic heterocycles. The summed E-state index contributed by atoms with van der Waals surface area (Å²) in [6, 6.07) is 8.05. The molecule has 17 N–H and O–H groups in total. The molecule has 0 unspecified atom stereocenters. The van der Waals surface area contributed by atoms with Gasteiger partial charge in [-0.25, -0.2) is 4.79 Å². The molecule has 72 heavy (non-hydrogen) atoms. The fourth-order valence-corrected chi connectivity index (χ4v) is 7.39. The number of carboxylic acid groups (broad SMARTS) is 1. The molecule has 0 fully saturated rings. The molecule has 398 valence electrons. The molecule has 0 spiro atoms. The first-order valence-electron chi connectivity index (χ1n) is 23.8. The van der Waals surface area contributed by atoms with Gasteiger partial charge < -0.3 is 75.3 Å². The van der Waals surface area contributed by atoms with Crippen LogP contribution in [0.5, 0.6) is 5.75 Å².